The SMILES string of the molecule is C=CCOC(=O)C1=C(OP(=O)(Oc2ccccc2)Oc2ccccc2)[C@H](C)[C@@H]2[C@@H]([C@@H](C)O[Si](C)(C)C)C(=O)N12.C=CCOC(=O)C1=C(Sc2nc(C3=CC[C@@H](C)N(C)C3)cs2)[C@H](C)[C@@H]2[C@@H]([C@@H](C)O[Si](C)(C)C)C(=O)N12.C[C@@H]1CC=C(c2csc(SC3=C(C(=O)O)N4C(=O)[C@H]([C@@H](C)O)[C@H]4[C@H]3C)n2)CN1. The van der Waals surface area contributed by atoms with Crippen molar-refractivity contribution in [2.24, 2.45) is 35.5 Å². The molecule has 3 fully saturated rings. The van der Waals surface area contributed by atoms with Gasteiger partial charge in [-0.2, -0.15) is 4.57 Å². The van der Waals surface area contributed by atoms with Crippen LogP contribution in [0.25, 0.3) is 11.1 Å². The highest BCUT2D eigenvalue weighted by Crippen LogP contribution is 2.59. The first-order valence-corrected chi connectivity index (χ1v) is 46.3. The summed E-state index contributed by atoms with van der Waals surface area (Å²) in [5.74, 6) is -4.62. The van der Waals surface area contributed by atoms with Crippen molar-refractivity contribution in [1.82, 2.24) is 34.9 Å². The fourth-order valence-electron chi connectivity index (χ4n) is 14.2. The van der Waals surface area contributed by atoms with Gasteiger partial charge in [0.05, 0.1) is 65.6 Å². The van der Waals surface area contributed by atoms with Crippen LogP contribution in [0, 0.1) is 35.5 Å². The van der Waals surface area contributed by atoms with Crippen LogP contribution in [0.2, 0.25) is 39.3 Å². The first-order chi connectivity index (χ1) is 48.7. The number of hydrogen-bond donors (Lipinski definition) is 3. The zero-order chi connectivity index (χ0) is 74.9. The number of thioether (sulfide) groups is 2. The summed E-state index contributed by atoms with van der Waals surface area (Å²) in [6.07, 6.45) is 8.01. The van der Waals surface area contributed by atoms with Gasteiger partial charge >= 0.3 is 25.7 Å². The molecule has 3 N–H and O–H groups in total. The number of aliphatic hydroxyl groups is 1. The normalized spacial score (nSPS) is 26.1. The number of rotatable bonds is 26. The van der Waals surface area contributed by atoms with Crippen molar-refractivity contribution in [3.05, 3.63) is 153 Å². The van der Waals surface area contributed by atoms with Gasteiger partial charge in [-0.25, -0.2) is 24.4 Å². The number of aliphatic carboxylic acids is 1. The van der Waals surface area contributed by atoms with E-state index in [1.165, 1.54) is 62.4 Å². The number of carbonyl (C=O) groups excluding carboxylic acids is 5. The largest absolute Gasteiger partial charge is 0.646 e. The molecule has 0 aliphatic carbocycles. The van der Waals surface area contributed by atoms with E-state index in [4.69, 9.17) is 36.9 Å². The molecule has 2 aromatic carbocycles. The molecule has 8 aliphatic rings. The number of ether oxygens (including phenoxy) is 2. The number of carboxylic acids is 1. The number of likely N-dealkylation sites (N-methyl/N-ethyl adjacent to an activating group) is 1. The number of benzene rings is 2. The summed E-state index contributed by atoms with van der Waals surface area (Å²) in [6.45, 7) is 37.0. The minimum Gasteiger partial charge on any atom is -0.477 e. The number of hydrogen-bond acceptors (Lipinski definition) is 23. The fraction of sp³-hybridized carbons (Fsp3) is 0.479. The minimum atomic E-state index is -4.42. The van der Waals surface area contributed by atoms with Crippen LogP contribution < -0.4 is 14.4 Å². The standard InChI is InChI=1S/C28H34NO8PSi.C26H37N3O4S2Si.C19H23N3O4S2/c1-7-18-33-28(31)25-26(19(2)24-23(27(30)29(24)25)20(3)37-39(4,5)6)36-38(32,34-21-14-10-8-11-15-21)35-22-16-12-9-13-17-22;1-9-12-32-25(31)22-23(16(3)21-20(24(30)29(21)22)17(4)33-36(6,7)8)35-26-27-19(14-34-26)18-11-10-15(2)28(5)13-18;1-8-4-5-11(6-20-8)12-7-27-19(21-12)28-16-9(2)14-13(10(3)23)17(24)22(14)15(16)18(25)26/h7-17,19-20,23-24H,1,18H2,2-6H3;9,11,14-17,20-21H,1,10,12-13H2,2-8H3;5,7-10,13-14,20,23H,4,6H2,1-3H3,(H,25,26)/t19-,20-,23-,24-;15-,16-,17-,20-,21-;8-,9-,10-,13-,14-/m111/s1. The Bertz CT molecular complexity index is 4070. The highest BCUT2D eigenvalue weighted by molar-refractivity contribution is 8.05. The number of fused-ring (bicyclic) bond motifs is 3. The molecule has 0 spiro atoms. The van der Waals surface area contributed by atoms with Gasteiger partial charge in [0.25, 0.3) is 0 Å². The van der Waals surface area contributed by atoms with Crippen LogP contribution in [0.4, 0.5) is 0 Å². The van der Waals surface area contributed by atoms with Crippen LogP contribution in [0.1, 0.15) is 79.6 Å². The summed E-state index contributed by atoms with van der Waals surface area (Å²) in [5.41, 5.74) is 4.55. The van der Waals surface area contributed by atoms with Crippen LogP contribution in [-0.4, -0.2) is 174 Å². The number of phosphoric ester groups is 1. The molecule has 8 aliphatic heterocycles. The Balaban J connectivity index is 0.000000168. The molecule has 4 aromatic rings. The van der Waals surface area contributed by atoms with E-state index in [1.807, 2.05) is 45.8 Å². The number of nitrogens with one attached hydrogen (secondary N) is 1. The third-order valence-electron chi connectivity index (χ3n) is 19.0. The van der Waals surface area contributed by atoms with Crippen molar-refractivity contribution >= 4 is 117 Å². The maximum atomic E-state index is 14.2. The molecule has 30 heteroatoms. The highest BCUT2D eigenvalue weighted by Gasteiger charge is 2.64. The Morgan fingerprint density at radius 3 is 1.54 bits per heavy atom. The smallest absolute Gasteiger partial charge is 0.477 e. The molecule has 12 rings (SSSR count). The first-order valence-electron chi connectivity index (χ1n) is 34.6. The van der Waals surface area contributed by atoms with Crippen LogP contribution in [-0.2, 0) is 56.2 Å². The van der Waals surface area contributed by atoms with Crippen molar-refractivity contribution in [3.8, 4) is 11.5 Å². The number of thiazole rings is 2. The van der Waals surface area contributed by atoms with Crippen molar-refractivity contribution < 1.29 is 75.4 Å². The predicted molar refractivity (Wildman–Crippen MR) is 404 cm³/mol. The molecule has 554 valence electrons. The Morgan fingerprint density at radius 1 is 0.650 bits per heavy atom. The minimum absolute atomic E-state index is 0.000288. The molecule has 10 heterocycles. The van der Waals surface area contributed by atoms with E-state index >= 15 is 0 Å². The van der Waals surface area contributed by atoms with Gasteiger partial charge in [-0.05, 0) is 129 Å². The summed E-state index contributed by atoms with van der Waals surface area (Å²) in [7, 11) is -6.08. The quantitative estimate of drug-likeness (QED) is 0.0173. The van der Waals surface area contributed by atoms with E-state index in [1.54, 1.807) is 90.7 Å². The number of aromatic nitrogens is 2. The lowest BCUT2D eigenvalue weighted by atomic mass is 9.79. The van der Waals surface area contributed by atoms with Crippen molar-refractivity contribution in [3.63, 3.8) is 0 Å². The number of carboxylic acid groups (broad SMARTS) is 1. The summed E-state index contributed by atoms with van der Waals surface area (Å²) < 4.78 is 56.6. The molecule has 0 radical (unpaired) electrons. The van der Waals surface area contributed by atoms with Gasteiger partial charge in [0.15, 0.2) is 31.0 Å². The molecular formula is C73H94N7O16PS4Si2. The van der Waals surface area contributed by atoms with E-state index in [0.29, 0.717) is 22.7 Å². The van der Waals surface area contributed by atoms with Gasteiger partial charge in [0.2, 0.25) is 17.7 Å². The van der Waals surface area contributed by atoms with Crippen LogP contribution in [0.3, 0.4) is 0 Å². The lowest BCUT2D eigenvalue weighted by Gasteiger charge is -2.48. The zero-order valence-corrected chi connectivity index (χ0v) is 67.0. The van der Waals surface area contributed by atoms with Crippen LogP contribution in [0.5, 0.6) is 11.5 Å². The maximum absolute atomic E-state index is 14.2. The van der Waals surface area contributed by atoms with E-state index in [9.17, 15) is 43.5 Å². The predicted octanol–water partition coefficient (Wildman–Crippen LogP) is 13.1. The second-order valence-corrected chi connectivity index (χ2v) is 43.6. The fourth-order valence-corrected chi connectivity index (χ4v) is 22.3. The second kappa shape index (κ2) is 32.5. The van der Waals surface area contributed by atoms with Crippen LogP contribution >= 0.6 is 54.0 Å². The highest BCUT2D eigenvalue weighted by atomic mass is 32.2. The molecule has 103 heavy (non-hydrogen) atoms. The Labute approximate surface area is 621 Å². The molecule has 3 saturated heterocycles. The summed E-state index contributed by atoms with van der Waals surface area (Å²) in [6, 6.07) is 17.0. The van der Waals surface area contributed by atoms with Gasteiger partial charge in [-0.15, -0.1) is 22.7 Å². The zero-order valence-electron chi connectivity index (χ0n) is 60.9. The maximum Gasteiger partial charge on any atom is 0.646 e. The van der Waals surface area contributed by atoms with E-state index in [2.05, 4.69) is 93.4 Å². The summed E-state index contributed by atoms with van der Waals surface area (Å²) in [4.78, 5) is 95.1. The summed E-state index contributed by atoms with van der Waals surface area (Å²) >= 11 is 5.87. The molecule has 2 aromatic heterocycles. The third-order valence-corrected chi connectivity index (χ3v) is 26.9. The molecule has 0 bridgehead atoms. The van der Waals surface area contributed by atoms with Crippen molar-refractivity contribution in [2.45, 2.75) is 165 Å². The van der Waals surface area contributed by atoms with Gasteiger partial charge in [0, 0.05) is 63.5 Å². The second-order valence-electron chi connectivity index (χ2n) is 28.9. The Kier molecular flexibility index (Phi) is 24.9. The number of β-lactam (4-membered cyclic amide) rings is 3. The van der Waals surface area contributed by atoms with Crippen LogP contribution in [0.15, 0.2) is 150 Å². The van der Waals surface area contributed by atoms with E-state index in [0.717, 1.165) is 56.5 Å². The molecule has 23 nitrogen and oxygen atoms in total. The average molecular weight is 1540 g/mol. The number of aliphatic hydroxyl groups excluding tert-OH is 1. The van der Waals surface area contributed by atoms with Gasteiger partial charge in [-0.3, -0.25) is 24.2 Å². The number of esters is 2. The van der Waals surface area contributed by atoms with Crippen molar-refractivity contribution in [1.29, 1.82) is 0 Å². The average Bonchev–Trinajstić information content (AvgIpc) is 1.58. The molecule has 0 unspecified atom stereocenters. The number of para-hydroxylation sites is 2. The number of phosphoric acid groups is 1. The van der Waals surface area contributed by atoms with Gasteiger partial charge < -0.3 is 57.2 Å². The van der Waals surface area contributed by atoms with E-state index in [-0.39, 0.29) is 102 Å². The Hall–Kier alpha value is -6.74. The summed E-state index contributed by atoms with van der Waals surface area (Å²) in [5, 5.41) is 27.1. The number of carbonyl (C=O) groups is 6. The third kappa shape index (κ3) is 17.2. The number of amides is 3. The Morgan fingerprint density at radius 2 is 1.09 bits per heavy atom. The van der Waals surface area contributed by atoms with E-state index < -0.39 is 72.3 Å². The topological polar surface area (TPSA) is 275 Å². The molecule has 0 saturated carbocycles. The number of nitrogens with zero attached hydrogens (tertiary/aromatic N) is 6. The lowest BCUT2D eigenvalue weighted by Crippen LogP contribution is -2.64. The molecule has 3 amide bonds. The molecule has 14 atom stereocenters. The monoisotopic (exact) mass is 1540 g/mol. The first kappa shape index (κ1) is 78.8. The molecular weight excluding hydrogens is 1450 g/mol. The van der Waals surface area contributed by atoms with Crippen molar-refractivity contribution in [2.75, 3.05) is 33.4 Å². The van der Waals surface area contributed by atoms with Gasteiger partial charge in [-0.1, -0.05) is 118 Å². The lowest BCUT2D eigenvalue weighted by molar-refractivity contribution is -0.163. The van der Waals surface area contributed by atoms with Gasteiger partial charge in [0.1, 0.15) is 41.9 Å².